The van der Waals surface area contributed by atoms with Crippen molar-refractivity contribution in [3.63, 3.8) is 0 Å². The van der Waals surface area contributed by atoms with Gasteiger partial charge in [0, 0.05) is 24.0 Å². The number of benzene rings is 2. The molecule has 0 saturated heterocycles. The highest BCUT2D eigenvalue weighted by molar-refractivity contribution is 7.99. The van der Waals surface area contributed by atoms with Crippen LogP contribution in [0.15, 0.2) is 58.3 Å². The zero-order valence-corrected chi connectivity index (χ0v) is 12.1. The van der Waals surface area contributed by atoms with Crippen molar-refractivity contribution in [2.45, 2.75) is 23.0 Å². The first-order valence-corrected chi connectivity index (χ1v) is 6.97. The molecule has 100 valence electrons. The molecule has 0 amide bonds. The molecule has 19 heavy (non-hydrogen) atoms. The van der Waals surface area contributed by atoms with Crippen molar-refractivity contribution in [1.29, 1.82) is 0 Å². The molecular weight excluding hydrogens is 256 g/mol. The highest BCUT2D eigenvalue weighted by atomic mass is 32.2. The summed E-state index contributed by atoms with van der Waals surface area (Å²) in [7, 11) is 3.43. The summed E-state index contributed by atoms with van der Waals surface area (Å²) in [5, 5.41) is 0. The minimum absolute atomic E-state index is 0.651. The maximum absolute atomic E-state index is 5.16. The fraction of sp³-hybridized carbons (Fsp3) is 0.250. The van der Waals surface area contributed by atoms with Crippen LogP contribution in [0.3, 0.4) is 0 Å². The zero-order valence-electron chi connectivity index (χ0n) is 11.3. The Balaban J connectivity index is 2.11. The second kappa shape index (κ2) is 7.34. The SMILES string of the molecule is COCc1cccc(Sc2cccc(COC)c2)c1. The normalized spacial score (nSPS) is 10.6. The topological polar surface area (TPSA) is 18.5 Å². The Kier molecular flexibility index (Phi) is 5.45. The van der Waals surface area contributed by atoms with E-state index in [-0.39, 0.29) is 0 Å². The molecule has 0 atom stereocenters. The number of hydrogen-bond acceptors (Lipinski definition) is 3. The Morgan fingerprint density at radius 2 is 1.26 bits per heavy atom. The van der Waals surface area contributed by atoms with Crippen LogP contribution in [0.2, 0.25) is 0 Å². The van der Waals surface area contributed by atoms with Crippen LogP contribution in [0.5, 0.6) is 0 Å². The van der Waals surface area contributed by atoms with Gasteiger partial charge in [0.25, 0.3) is 0 Å². The molecule has 0 saturated carbocycles. The summed E-state index contributed by atoms with van der Waals surface area (Å²) in [6.45, 7) is 1.30. The van der Waals surface area contributed by atoms with Gasteiger partial charge in [0.1, 0.15) is 0 Å². The van der Waals surface area contributed by atoms with Crippen LogP contribution in [0.4, 0.5) is 0 Å². The number of rotatable bonds is 6. The molecule has 3 heteroatoms. The van der Waals surface area contributed by atoms with Gasteiger partial charge >= 0.3 is 0 Å². The van der Waals surface area contributed by atoms with E-state index in [4.69, 9.17) is 9.47 Å². The minimum Gasteiger partial charge on any atom is -0.380 e. The van der Waals surface area contributed by atoms with Crippen LogP contribution in [-0.2, 0) is 22.7 Å². The summed E-state index contributed by atoms with van der Waals surface area (Å²) in [4.78, 5) is 2.45. The molecule has 0 aliphatic rings. The smallest absolute Gasteiger partial charge is 0.0713 e. The molecule has 0 bridgehead atoms. The van der Waals surface area contributed by atoms with Gasteiger partial charge in [0.2, 0.25) is 0 Å². The summed E-state index contributed by atoms with van der Waals surface area (Å²) in [6, 6.07) is 16.9. The summed E-state index contributed by atoms with van der Waals surface area (Å²) >= 11 is 1.76. The van der Waals surface area contributed by atoms with Gasteiger partial charge in [-0.25, -0.2) is 0 Å². The standard InChI is InChI=1S/C16H18O2S/c1-17-11-13-5-3-7-15(9-13)19-16-8-4-6-14(10-16)12-18-2/h3-10H,11-12H2,1-2H3. The third-order valence-electron chi connectivity index (χ3n) is 2.65. The van der Waals surface area contributed by atoms with E-state index in [1.54, 1.807) is 26.0 Å². The van der Waals surface area contributed by atoms with Crippen molar-refractivity contribution < 1.29 is 9.47 Å². The molecule has 0 unspecified atom stereocenters. The van der Waals surface area contributed by atoms with Crippen molar-refractivity contribution in [3.05, 3.63) is 59.7 Å². The lowest BCUT2D eigenvalue weighted by atomic mass is 10.2. The van der Waals surface area contributed by atoms with E-state index in [9.17, 15) is 0 Å². The monoisotopic (exact) mass is 274 g/mol. The van der Waals surface area contributed by atoms with Gasteiger partial charge in [-0.2, -0.15) is 0 Å². The van der Waals surface area contributed by atoms with Crippen LogP contribution < -0.4 is 0 Å². The zero-order chi connectivity index (χ0) is 13.5. The van der Waals surface area contributed by atoms with Crippen LogP contribution in [0, 0.1) is 0 Å². The molecule has 2 aromatic carbocycles. The molecule has 0 aromatic heterocycles. The van der Waals surface area contributed by atoms with Crippen molar-refractivity contribution in [3.8, 4) is 0 Å². The van der Waals surface area contributed by atoms with Gasteiger partial charge in [0.05, 0.1) is 13.2 Å². The molecule has 0 fully saturated rings. The van der Waals surface area contributed by atoms with Crippen LogP contribution in [-0.4, -0.2) is 14.2 Å². The lowest BCUT2D eigenvalue weighted by Gasteiger charge is -2.06. The fourth-order valence-electron chi connectivity index (χ4n) is 1.87. The second-order valence-electron chi connectivity index (χ2n) is 4.26. The Morgan fingerprint density at radius 1 is 0.789 bits per heavy atom. The maximum atomic E-state index is 5.16. The molecule has 2 nitrogen and oxygen atoms in total. The number of ether oxygens (including phenoxy) is 2. The van der Waals surface area contributed by atoms with E-state index in [1.165, 1.54) is 20.9 Å². The van der Waals surface area contributed by atoms with E-state index in [2.05, 4.69) is 48.5 Å². The van der Waals surface area contributed by atoms with Crippen molar-refractivity contribution in [1.82, 2.24) is 0 Å². The summed E-state index contributed by atoms with van der Waals surface area (Å²) in [5.41, 5.74) is 2.39. The molecule has 0 aliphatic heterocycles. The van der Waals surface area contributed by atoms with Gasteiger partial charge in [0.15, 0.2) is 0 Å². The second-order valence-corrected chi connectivity index (χ2v) is 5.41. The first-order valence-electron chi connectivity index (χ1n) is 6.15. The Labute approximate surface area is 118 Å². The maximum Gasteiger partial charge on any atom is 0.0713 e. The Morgan fingerprint density at radius 3 is 1.68 bits per heavy atom. The predicted molar refractivity (Wildman–Crippen MR) is 78.4 cm³/mol. The van der Waals surface area contributed by atoms with Crippen LogP contribution in [0.1, 0.15) is 11.1 Å². The number of hydrogen-bond donors (Lipinski definition) is 0. The molecule has 0 radical (unpaired) electrons. The quantitative estimate of drug-likeness (QED) is 0.789. The van der Waals surface area contributed by atoms with Crippen LogP contribution in [0.25, 0.3) is 0 Å². The highest BCUT2D eigenvalue weighted by Gasteiger charge is 2.00. The fourth-order valence-corrected chi connectivity index (χ4v) is 2.85. The molecule has 0 heterocycles. The summed E-state index contributed by atoms with van der Waals surface area (Å²) in [6.07, 6.45) is 0. The molecule has 0 N–H and O–H groups in total. The van der Waals surface area contributed by atoms with E-state index in [0.717, 1.165) is 0 Å². The third kappa shape index (κ3) is 4.39. The van der Waals surface area contributed by atoms with Gasteiger partial charge < -0.3 is 9.47 Å². The van der Waals surface area contributed by atoms with Crippen LogP contribution >= 0.6 is 11.8 Å². The highest BCUT2D eigenvalue weighted by Crippen LogP contribution is 2.29. The molecule has 0 spiro atoms. The average molecular weight is 274 g/mol. The average Bonchev–Trinajstić information content (AvgIpc) is 2.40. The lowest BCUT2D eigenvalue weighted by Crippen LogP contribution is -1.88. The largest absolute Gasteiger partial charge is 0.380 e. The minimum atomic E-state index is 0.651. The van der Waals surface area contributed by atoms with E-state index in [0.29, 0.717) is 13.2 Å². The van der Waals surface area contributed by atoms with E-state index < -0.39 is 0 Å². The van der Waals surface area contributed by atoms with Gasteiger partial charge in [-0.3, -0.25) is 0 Å². The van der Waals surface area contributed by atoms with Gasteiger partial charge in [-0.05, 0) is 35.4 Å². The number of methoxy groups -OCH3 is 2. The lowest BCUT2D eigenvalue weighted by molar-refractivity contribution is 0.184. The van der Waals surface area contributed by atoms with Crippen molar-refractivity contribution in [2.75, 3.05) is 14.2 Å². The first-order chi connectivity index (χ1) is 9.31. The predicted octanol–water partition coefficient (Wildman–Crippen LogP) is 4.13. The Bertz CT molecular complexity index is 478. The van der Waals surface area contributed by atoms with E-state index >= 15 is 0 Å². The molecule has 2 aromatic rings. The van der Waals surface area contributed by atoms with E-state index in [1.807, 2.05) is 0 Å². The van der Waals surface area contributed by atoms with Gasteiger partial charge in [-0.15, -0.1) is 0 Å². The first kappa shape index (κ1) is 14.1. The summed E-state index contributed by atoms with van der Waals surface area (Å²) < 4.78 is 10.3. The molecular formula is C16H18O2S. The molecule has 0 aliphatic carbocycles. The Hall–Kier alpha value is -1.29. The van der Waals surface area contributed by atoms with Gasteiger partial charge in [-0.1, -0.05) is 36.0 Å². The molecule has 2 rings (SSSR count). The van der Waals surface area contributed by atoms with Crippen molar-refractivity contribution >= 4 is 11.8 Å². The summed E-state index contributed by atoms with van der Waals surface area (Å²) in [5.74, 6) is 0. The third-order valence-corrected chi connectivity index (χ3v) is 3.63. The van der Waals surface area contributed by atoms with Crippen molar-refractivity contribution in [2.24, 2.45) is 0 Å².